The van der Waals surface area contributed by atoms with Crippen molar-refractivity contribution < 1.29 is 29.3 Å². The molecule has 4 rings (SSSR count). The highest BCUT2D eigenvalue weighted by Crippen LogP contribution is 2.70. The highest BCUT2D eigenvalue weighted by molar-refractivity contribution is 5.93. The van der Waals surface area contributed by atoms with E-state index in [0.29, 0.717) is 18.4 Å². The molecule has 3 N–H and O–H groups in total. The maximum Gasteiger partial charge on any atom is 0.190 e. The van der Waals surface area contributed by atoms with Crippen LogP contribution in [0.4, 0.5) is 4.39 Å². The second-order valence-corrected chi connectivity index (χ2v) is 9.75. The third-order valence-corrected chi connectivity index (χ3v) is 8.75. The molecule has 5 nitrogen and oxygen atoms in total. The van der Waals surface area contributed by atoms with E-state index in [1.165, 1.54) is 6.08 Å². The van der Waals surface area contributed by atoms with Gasteiger partial charge in [-0.3, -0.25) is 9.59 Å². The van der Waals surface area contributed by atoms with Crippen molar-refractivity contribution in [2.45, 2.75) is 63.8 Å². The molecule has 2 saturated carbocycles. The number of aliphatic hydroxyl groups is 3. The van der Waals surface area contributed by atoms with Gasteiger partial charge in [0.1, 0.15) is 12.2 Å². The van der Waals surface area contributed by atoms with E-state index >= 15 is 4.39 Å². The van der Waals surface area contributed by atoms with Gasteiger partial charge in [0.05, 0.1) is 6.10 Å². The van der Waals surface area contributed by atoms with Gasteiger partial charge < -0.3 is 15.3 Å². The van der Waals surface area contributed by atoms with Crippen LogP contribution in [0.2, 0.25) is 0 Å². The fraction of sp³-hybridized carbons (Fsp3) is 0.727. The van der Waals surface area contributed by atoms with Crippen LogP contribution < -0.4 is 0 Å². The first-order valence-corrected chi connectivity index (χ1v) is 10.1. The van der Waals surface area contributed by atoms with E-state index in [9.17, 15) is 24.9 Å². The van der Waals surface area contributed by atoms with Crippen molar-refractivity contribution in [1.29, 1.82) is 0 Å². The van der Waals surface area contributed by atoms with E-state index in [1.807, 2.05) is 6.08 Å². The van der Waals surface area contributed by atoms with E-state index in [4.69, 9.17) is 0 Å². The number of hydrogen-bond donors (Lipinski definition) is 3. The minimum absolute atomic E-state index is 0.0676. The van der Waals surface area contributed by atoms with Gasteiger partial charge in [0, 0.05) is 23.2 Å². The number of aliphatic hydroxyl groups excluding tert-OH is 2. The van der Waals surface area contributed by atoms with Crippen LogP contribution >= 0.6 is 0 Å². The summed E-state index contributed by atoms with van der Waals surface area (Å²) in [6, 6.07) is 0. The van der Waals surface area contributed by atoms with Crippen molar-refractivity contribution in [3.05, 3.63) is 23.8 Å². The molecule has 28 heavy (non-hydrogen) atoms. The Kier molecular flexibility index (Phi) is 4.15. The van der Waals surface area contributed by atoms with Crippen LogP contribution in [0.1, 0.15) is 46.5 Å². The normalized spacial score (nSPS) is 52.5. The van der Waals surface area contributed by atoms with E-state index in [2.05, 4.69) is 0 Å². The van der Waals surface area contributed by atoms with E-state index in [1.54, 1.807) is 26.8 Å². The third-order valence-electron chi connectivity index (χ3n) is 8.75. The monoisotopic (exact) mass is 392 g/mol. The first-order valence-electron chi connectivity index (χ1n) is 10.1. The predicted octanol–water partition coefficient (Wildman–Crippen LogP) is 1.90. The van der Waals surface area contributed by atoms with Gasteiger partial charge in [0.25, 0.3) is 0 Å². The van der Waals surface area contributed by atoms with E-state index in [0.717, 1.165) is 0 Å². The Bertz CT molecular complexity index is 805. The minimum atomic E-state index is -1.98. The highest BCUT2D eigenvalue weighted by Gasteiger charge is 2.75. The molecule has 0 saturated heterocycles. The van der Waals surface area contributed by atoms with E-state index in [-0.39, 0.29) is 24.5 Å². The number of hydrogen-bond acceptors (Lipinski definition) is 5. The molecular weight excluding hydrogens is 363 g/mol. The Morgan fingerprint density at radius 2 is 2.00 bits per heavy atom. The molecule has 8 atom stereocenters. The molecule has 0 spiro atoms. The molecule has 154 valence electrons. The summed E-state index contributed by atoms with van der Waals surface area (Å²) in [6.07, 6.45) is 4.41. The fourth-order valence-corrected chi connectivity index (χ4v) is 7.17. The summed E-state index contributed by atoms with van der Waals surface area (Å²) in [4.78, 5) is 24.4. The van der Waals surface area contributed by atoms with Gasteiger partial charge in [0.15, 0.2) is 17.2 Å². The molecule has 4 unspecified atom stereocenters. The summed E-state index contributed by atoms with van der Waals surface area (Å²) in [5, 5.41) is 32.0. The molecule has 2 fully saturated rings. The quantitative estimate of drug-likeness (QED) is 0.624. The van der Waals surface area contributed by atoms with Crippen LogP contribution in [0.5, 0.6) is 0 Å². The molecule has 4 aliphatic rings. The maximum atomic E-state index is 16.9. The lowest BCUT2D eigenvalue weighted by atomic mass is 9.45. The standard InChI is InChI=1S/C22H29FO5/c1-12-8-16-15-5-4-13-9-14(25)6-7-19(13,2)21(15,23)17(26)10-20(16,3)22(12,28)18(27)11-24/h4,6-7,12,15-17,24,26,28H,5,8-11H2,1-3H3/t12?,15-,16?,17?,19-,20-,21?,22-/m0/s1. The summed E-state index contributed by atoms with van der Waals surface area (Å²) >= 11 is 0. The lowest BCUT2D eigenvalue weighted by Crippen LogP contribution is -2.69. The summed E-state index contributed by atoms with van der Waals surface area (Å²) in [5.74, 6) is -2.09. The summed E-state index contributed by atoms with van der Waals surface area (Å²) < 4.78 is 16.9. The SMILES string of the molecule is CC1CC2[C@@H]3CC=C4CC(=O)C=C[C@]4(C)C3(F)C(O)C[C@]2(C)[C@@]1(O)C(=O)CO. The van der Waals surface area contributed by atoms with E-state index < -0.39 is 52.4 Å². The van der Waals surface area contributed by atoms with Crippen LogP contribution in [0.25, 0.3) is 0 Å². The van der Waals surface area contributed by atoms with Crippen molar-refractivity contribution >= 4 is 11.6 Å². The third kappa shape index (κ3) is 2.01. The number of rotatable bonds is 2. The number of fused-ring (bicyclic) bond motifs is 5. The molecule has 0 bridgehead atoms. The van der Waals surface area contributed by atoms with Crippen LogP contribution in [-0.2, 0) is 9.59 Å². The van der Waals surface area contributed by atoms with Crippen molar-refractivity contribution in [1.82, 2.24) is 0 Å². The van der Waals surface area contributed by atoms with Gasteiger partial charge in [-0.1, -0.05) is 31.6 Å². The fourth-order valence-electron chi connectivity index (χ4n) is 7.17. The molecule has 0 heterocycles. The molecule has 0 aromatic rings. The number of halogens is 1. The molecule has 4 aliphatic carbocycles. The Hall–Kier alpha value is -1.37. The number of alkyl halides is 1. The summed E-state index contributed by atoms with van der Waals surface area (Å²) in [7, 11) is 0. The molecular formula is C22H29FO5. The van der Waals surface area contributed by atoms with Crippen molar-refractivity contribution in [3.8, 4) is 0 Å². The molecule has 0 aromatic heterocycles. The van der Waals surface area contributed by atoms with Crippen molar-refractivity contribution in [2.24, 2.45) is 28.6 Å². The maximum absolute atomic E-state index is 16.9. The summed E-state index contributed by atoms with van der Waals surface area (Å²) in [5.41, 5.74) is -5.18. The lowest BCUT2D eigenvalue weighted by Gasteiger charge is -2.62. The van der Waals surface area contributed by atoms with Gasteiger partial charge in [-0.05, 0) is 44.1 Å². The average molecular weight is 392 g/mol. The van der Waals surface area contributed by atoms with Crippen LogP contribution in [0.3, 0.4) is 0 Å². The Morgan fingerprint density at radius 3 is 2.64 bits per heavy atom. The lowest BCUT2D eigenvalue weighted by molar-refractivity contribution is -0.215. The first kappa shape index (κ1) is 19.9. The van der Waals surface area contributed by atoms with Gasteiger partial charge in [0.2, 0.25) is 0 Å². The molecule has 0 radical (unpaired) electrons. The zero-order chi connectivity index (χ0) is 20.7. The van der Waals surface area contributed by atoms with Crippen LogP contribution in [0, 0.1) is 28.6 Å². The van der Waals surface area contributed by atoms with Crippen LogP contribution in [-0.4, -0.2) is 50.9 Å². The predicted molar refractivity (Wildman–Crippen MR) is 99.9 cm³/mol. The first-order chi connectivity index (χ1) is 13.0. The number of allylic oxidation sites excluding steroid dienone is 4. The molecule has 0 amide bonds. The topological polar surface area (TPSA) is 94.8 Å². The van der Waals surface area contributed by atoms with Crippen molar-refractivity contribution in [3.63, 3.8) is 0 Å². The minimum Gasteiger partial charge on any atom is -0.390 e. The number of Topliss-reactive ketones (excluding diaryl/α,β-unsaturated/α-hetero) is 1. The second-order valence-electron chi connectivity index (χ2n) is 9.75. The van der Waals surface area contributed by atoms with Crippen molar-refractivity contribution in [2.75, 3.05) is 6.61 Å². The molecule has 0 aromatic carbocycles. The number of carbonyl (C=O) groups excluding carboxylic acids is 2. The number of carbonyl (C=O) groups is 2. The van der Waals surface area contributed by atoms with Gasteiger partial charge in [-0.15, -0.1) is 0 Å². The Balaban J connectivity index is 1.85. The zero-order valence-electron chi connectivity index (χ0n) is 16.6. The Labute approximate surface area is 164 Å². The number of ketones is 2. The molecule has 0 aliphatic heterocycles. The van der Waals surface area contributed by atoms with Gasteiger partial charge in [-0.2, -0.15) is 0 Å². The van der Waals surface area contributed by atoms with Crippen LogP contribution in [0.15, 0.2) is 23.8 Å². The highest BCUT2D eigenvalue weighted by atomic mass is 19.1. The summed E-state index contributed by atoms with van der Waals surface area (Å²) in [6.45, 7) is 4.47. The molecule has 6 heteroatoms. The Morgan fingerprint density at radius 1 is 1.32 bits per heavy atom. The smallest absolute Gasteiger partial charge is 0.190 e. The average Bonchev–Trinajstić information content (AvgIpc) is 2.84. The second kappa shape index (κ2) is 5.83. The van der Waals surface area contributed by atoms with Gasteiger partial charge >= 0.3 is 0 Å². The largest absolute Gasteiger partial charge is 0.390 e. The zero-order valence-corrected chi connectivity index (χ0v) is 16.6. The van der Waals surface area contributed by atoms with Gasteiger partial charge in [-0.25, -0.2) is 4.39 Å².